The first-order valence-electron chi connectivity index (χ1n) is 4.65. The van der Waals surface area contributed by atoms with Gasteiger partial charge in [0.25, 0.3) is 0 Å². The normalized spacial score (nSPS) is 11.1. The maximum absolute atomic E-state index is 10.6. The molecule has 89 valence electrons. The number of hydrogen-bond donors (Lipinski definition) is 0. The average molecular weight is 330 g/mol. The number of hydrogen-bond acceptors (Lipinski definition) is 3. The van der Waals surface area contributed by atoms with Gasteiger partial charge in [0.1, 0.15) is 0 Å². The molecule has 0 saturated heterocycles. The van der Waals surface area contributed by atoms with Gasteiger partial charge >= 0.3 is 105 Å². The monoisotopic (exact) mass is 330 g/mol. The number of ether oxygens (including phenoxy) is 1. The molecule has 0 amide bonds. The number of nitro groups is 1. The van der Waals surface area contributed by atoms with Crippen molar-refractivity contribution in [2.24, 2.45) is 0 Å². The average Bonchev–Trinajstić information content (AvgIpc) is 2.27. The van der Waals surface area contributed by atoms with Gasteiger partial charge < -0.3 is 0 Å². The second-order valence-corrected chi connectivity index (χ2v) is 4.80. The van der Waals surface area contributed by atoms with Gasteiger partial charge in [0, 0.05) is 0 Å². The van der Waals surface area contributed by atoms with Crippen molar-refractivity contribution >= 4 is 20.0 Å². The first-order valence-corrected chi connectivity index (χ1v) is 7.89. The van der Waals surface area contributed by atoms with Crippen LogP contribution in [-0.4, -0.2) is 16.1 Å². The number of rotatable bonds is 5. The van der Waals surface area contributed by atoms with Gasteiger partial charge in [0.05, 0.1) is 0 Å². The topological polar surface area (TPSA) is 52.4 Å². The van der Waals surface area contributed by atoms with Gasteiger partial charge in [-0.25, -0.2) is 0 Å². The van der Waals surface area contributed by atoms with E-state index in [1.165, 1.54) is 12.1 Å². The van der Waals surface area contributed by atoms with Crippen LogP contribution in [0, 0.1) is 10.1 Å². The van der Waals surface area contributed by atoms with E-state index in [1.54, 1.807) is 10.7 Å². The van der Waals surface area contributed by atoms with Crippen molar-refractivity contribution in [2.45, 2.75) is 13.3 Å². The number of nitro benzene ring substituents is 1. The molecule has 0 aromatic heterocycles. The molecule has 0 radical (unpaired) electrons. The van der Waals surface area contributed by atoms with Crippen LogP contribution in [0.5, 0.6) is 5.75 Å². The Hall–Kier alpha value is -0.797. The van der Waals surface area contributed by atoms with E-state index in [0.29, 0.717) is 17.9 Å². The molecule has 1 rings (SSSR count). The van der Waals surface area contributed by atoms with E-state index < -0.39 is 20.6 Å². The summed E-state index contributed by atoms with van der Waals surface area (Å²) in [6.07, 6.45) is 0.894. The predicted molar refractivity (Wildman–Crippen MR) is 59.9 cm³/mol. The Labute approximate surface area is 105 Å². The van der Waals surface area contributed by atoms with E-state index in [0.717, 1.165) is 6.42 Å². The van der Waals surface area contributed by atoms with Crippen LogP contribution in [0.15, 0.2) is 18.2 Å². The zero-order chi connectivity index (χ0) is 12.0. The molecular formula is C10H11ClNO3Ru. The van der Waals surface area contributed by atoms with Gasteiger partial charge in [0.2, 0.25) is 0 Å². The molecule has 0 aliphatic carbocycles. The first-order chi connectivity index (χ1) is 7.69. The summed E-state index contributed by atoms with van der Waals surface area (Å²) in [4.78, 5) is 10.2. The van der Waals surface area contributed by atoms with Crippen LogP contribution in [0.2, 0.25) is 0 Å². The second-order valence-electron chi connectivity index (χ2n) is 3.01. The molecule has 1 aromatic rings. The molecule has 0 fully saturated rings. The molecule has 0 saturated carbocycles. The Morgan fingerprint density at radius 2 is 2.38 bits per heavy atom. The third kappa shape index (κ3) is 3.65. The van der Waals surface area contributed by atoms with Crippen LogP contribution in [-0.2, 0) is 15.7 Å². The van der Waals surface area contributed by atoms with Crippen molar-refractivity contribution in [2.75, 3.05) is 6.61 Å². The fraction of sp³-hybridized carbons (Fsp3) is 0.300. The maximum atomic E-state index is 10.6. The Morgan fingerprint density at radius 1 is 1.62 bits per heavy atom. The predicted octanol–water partition coefficient (Wildman–Crippen LogP) is 2.77. The van der Waals surface area contributed by atoms with Crippen molar-refractivity contribution in [3.05, 3.63) is 33.9 Å². The summed E-state index contributed by atoms with van der Waals surface area (Å²) >= 11 is -0.431. The molecule has 0 spiro atoms. The summed E-state index contributed by atoms with van der Waals surface area (Å²) in [5.41, 5.74) is 0.761. The molecule has 0 unspecified atom stereocenters. The quantitative estimate of drug-likeness (QED) is 0.474. The molecule has 0 aliphatic rings. The van der Waals surface area contributed by atoms with Crippen LogP contribution < -0.4 is 4.74 Å². The number of nitrogens with zero attached hydrogens (tertiary/aromatic N) is 1. The van der Waals surface area contributed by atoms with Crippen molar-refractivity contribution in [1.29, 1.82) is 0 Å². The molecule has 0 bridgehead atoms. The van der Waals surface area contributed by atoms with E-state index in [1.807, 2.05) is 6.92 Å². The van der Waals surface area contributed by atoms with E-state index >= 15 is 0 Å². The summed E-state index contributed by atoms with van der Waals surface area (Å²) in [5.74, 6) is 0.655. The summed E-state index contributed by atoms with van der Waals surface area (Å²) in [7, 11) is 5.68. The number of benzene rings is 1. The summed E-state index contributed by atoms with van der Waals surface area (Å²) in [6, 6.07) is 4.54. The van der Waals surface area contributed by atoms with Crippen LogP contribution in [0.25, 0.3) is 0 Å². The van der Waals surface area contributed by atoms with Gasteiger partial charge in [-0.2, -0.15) is 0 Å². The van der Waals surface area contributed by atoms with Gasteiger partial charge in [-0.1, -0.05) is 0 Å². The first kappa shape index (κ1) is 13.3. The zero-order valence-corrected chi connectivity index (χ0v) is 11.1. The van der Waals surface area contributed by atoms with E-state index in [9.17, 15) is 10.1 Å². The molecule has 1 aromatic carbocycles. The second kappa shape index (κ2) is 6.71. The Kier molecular flexibility index (Phi) is 5.57. The zero-order valence-electron chi connectivity index (χ0n) is 8.63. The molecule has 16 heavy (non-hydrogen) atoms. The van der Waals surface area contributed by atoms with Gasteiger partial charge in [-0.05, 0) is 0 Å². The van der Waals surface area contributed by atoms with E-state index in [2.05, 4.69) is 0 Å². The fourth-order valence-corrected chi connectivity index (χ4v) is 2.20. The molecule has 0 heterocycles. The minimum absolute atomic E-state index is 0.0563. The summed E-state index contributed by atoms with van der Waals surface area (Å²) in [5, 5.41) is 10.6. The SMILES string of the molecule is CCCOc1ccc([N+](=O)[O-])cc1[CH]=[Ru][Cl]. The molecule has 0 N–H and O–H groups in total. The standard InChI is InChI=1S/C10H11NO3.ClH.Ru/c1-3-6-14-10-5-4-9(11(12)13)7-8(10)2;;/h2,4-5,7H,3,6H2,1H3;1H;/q;;+1/p-1. The molecule has 4 nitrogen and oxygen atoms in total. The van der Waals surface area contributed by atoms with Gasteiger partial charge in [-0.3, -0.25) is 0 Å². The summed E-state index contributed by atoms with van der Waals surface area (Å²) in [6.45, 7) is 2.60. The van der Waals surface area contributed by atoms with E-state index in [-0.39, 0.29) is 5.69 Å². The van der Waals surface area contributed by atoms with Crippen LogP contribution in [0.3, 0.4) is 0 Å². The molecule has 6 heteroatoms. The number of halogens is 1. The Balaban J connectivity index is 3.03. The molecule has 0 atom stereocenters. The Bertz CT molecular complexity index is 409. The van der Waals surface area contributed by atoms with Crippen molar-refractivity contribution in [1.82, 2.24) is 0 Å². The Morgan fingerprint density at radius 3 is 2.94 bits per heavy atom. The van der Waals surface area contributed by atoms with Crippen LogP contribution in [0.1, 0.15) is 18.9 Å². The third-order valence-corrected chi connectivity index (χ3v) is 3.00. The van der Waals surface area contributed by atoms with Gasteiger partial charge in [-0.15, -0.1) is 0 Å². The third-order valence-electron chi connectivity index (χ3n) is 1.81. The summed E-state index contributed by atoms with van der Waals surface area (Å²) < 4.78 is 7.26. The number of non-ortho nitro benzene ring substituents is 1. The fourth-order valence-electron chi connectivity index (χ4n) is 1.11. The molecule has 0 aliphatic heterocycles. The van der Waals surface area contributed by atoms with Crippen molar-refractivity contribution in [3.8, 4) is 5.75 Å². The van der Waals surface area contributed by atoms with Crippen LogP contribution >= 0.6 is 9.69 Å². The van der Waals surface area contributed by atoms with Crippen LogP contribution in [0.4, 0.5) is 5.69 Å². The minimum atomic E-state index is -0.431. The van der Waals surface area contributed by atoms with Gasteiger partial charge in [0.15, 0.2) is 0 Å². The van der Waals surface area contributed by atoms with Crippen molar-refractivity contribution < 1.29 is 25.3 Å². The van der Waals surface area contributed by atoms with Crippen molar-refractivity contribution in [3.63, 3.8) is 0 Å². The molecular weight excluding hydrogens is 319 g/mol. The van der Waals surface area contributed by atoms with E-state index in [4.69, 9.17) is 14.4 Å².